The third-order valence-electron chi connectivity index (χ3n) is 4.56. The number of carboxylic acids is 1. The number of fused-ring (bicyclic) bond motifs is 5. The van der Waals surface area contributed by atoms with Crippen molar-refractivity contribution in [2.24, 2.45) is 5.92 Å². The van der Waals surface area contributed by atoms with Crippen LogP contribution in [0.2, 0.25) is 0 Å². The highest BCUT2D eigenvalue weighted by molar-refractivity contribution is 9.10. The number of benzene rings is 2. The van der Waals surface area contributed by atoms with Crippen molar-refractivity contribution >= 4 is 33.5 Å². The molecular formula is C18H14BrNO4. The number of halogens is 1. The van der Waals surface area contributed by atoms with Crippen LogP contribution in [0.1, 0.15) is 24.4 Å². The number of amides is 1. The van der Waals surface area contributed by atoms with Gasteiger partial charge in [0.1, 0.15) is 11.4 Å². The molecule has 2 aromatic rings. The first-order valence-corrected chi connectivity index (χ1v) is 8.47. The lowest BCUT2D eigenvalue weighted by Gasteiger charge is -2.39. The van der Waals surface area contributed by atoms with Crippen LogP contribution in [-0.2, 0) is 9.59 Å². The van der Waals surface area contributed by atoms with E-state index in [0.717, 1.165) is 5.56 Å². The van der Waals surface area contributed by atoms with Crippen LogP contribution < -0.4 is 9.64 Å². The average molecular weight is 388 g/mol. The fraction of sp³-hybridized carbons (Fsp3) is 0.222. The van der Waals surface area contributed by atoms with Gasteiger partial charge in [0, 0.05) is 16.5 Å². The summed E-state index contributed by atoms with van der Waals surface area (Å²) in [6.07, 6.45) is 0.528. The average Bonchev–Trinajstić information content (AvgIpc) is 2.71. The summed E-state index contributed by atoms with van der Waals surface area (Å²) in [5.41, 5.74) is 1.32. The largest absolute Gasteiger partial charge is 0.481 e. The van der Waals surface area contributed by atoms with Gasteiger partial charge >= 0.3 is 5.97 Å². The molecule has 0 bridgehead atoms. The molecule has 2 aliphatic rings. The molecule has 6 heteroatoms. The number of piperidine rings is 1. The Labute approximate surface area is 147 Å². The molecule has 0 aromatic heterocycles. The minimum absolute atomic E-state index is 0.0917. The topological polar surface area (TPSA) is 66.8 Å². The van der Waals surface area contributed by atoms with Crippen LogP contribution >= 0.6 is 15.9 Å². The zero-order valence-corrected chi connectivity index (χ0v) is 14.2. The molecule has 2 aromatic carbocycles. The van der Waals surface area contributed by atoms with Crippen molar-refractivity contribution in [2.75, 3.05) is 4.90 Å². The van der Waals surface area contributed by atoms with Crippen LogP contribution in [-0.4, -0.2) is 17.0 Å². The van der Waals surface area contributed by atoms with Crippen LogP contribution in [0.5, 0.6) is 11.5 Å². The van der Waals surface area contributed by atoms with E-state index in [4.69, 9.17) is 4.74 Å². The number of carbonyl (C=O) groups is 2. The molecule has 1 fully saturated rings. The van der Waals surface area contributed by atoms with Crippen LogP contribution in [0.4, 0.5) is 5.69 Å². The number of anilines is 1. The second-order valence-electron chi connectivity index (χ2n) is 5.92. The maximum Gasteiger partial charge on any atom is 0.308 e. The van der Waals surface area contributed by atoms with Gasteiger partial charge in [0.25, 0.3) is 0 Å². The molecule has 2 atom stereocenters. The molecule has 4 rings (SSSR count). The summed E-state index contributed by atoms with van der Waals surface area (Å²) in [4.78, 5) is 26.2. The standard InChI is InChI=1S/C18H14BrNO4/c19-12-5-3-7-14-17(12)20-15(21)9-8-11(18(22)23)16(20)10-4-1-2-6-13(10)24-14/h1-7,11,16H,8-9H2,(H,22,23)/t11-,16+/m1/s1. The van der Waals surface area contributed by atoms with Crippen molar-refractivity contribution in [3.8, 4) is 11.5 Å². The second-order valence-corrected chi connectivity index (χ2v) is 6.77. The fourth-order valence-electron chi connectivity index (χ4n) is 3.52. The highest BCUT2D eigenvalue weighted by atomic mass is 79.9. The van der Waals surface area contributed by atoms with Gasteiger partial charge in [0.15, 0.2) is 5.75 Å². The van der Waals surface area contributed by atoms with Gasteiger partial charge in [0.2, 0.25) is 5.91 Å². The van der Waals surface area contributed by atoms with Gasteiger partial charge in [-0.15, -0.1) is 0 Å². The number of hydrogen-bond donors (Lipinski definition) is 1. The number of rotatable bonds is 1. The van der Waals surface area contributed by atoms with E-state index in [1.54, 1.807) is 11.0 Å². The van der Waals surface area contributed by atoms with E-state index in [2.05, 4.69) is 15.9 Å². The Morgan fingerprint density at radius 2 is 1.92 bits per heavy atom. The quantitative estimate of drug-likeness (QED) is 0.798. The van der Waals surface area contributed by atoms with E-state index in [1.807, 2.05) is 36.4 Å². The first-order valence-electron chi connectivity index (χ1n) is 7.68. The lowest BCUT2D eigenvalue weighted by molar-refractivity contribution is -0.144. The Morgan fingerprint density at radius 3 is 2.71 bits per heavy atom. The Balaban J connectivity index is 2.02. The molecule has 1 amide bonds. The van der Waals surface area contributed by atoms with Crippen molar-refractivity contribution in [2.45, 2.75) is 18.9 Å². The molecule has 122 valence electrons. The molecular weight excluding hydrogens is 374 g/mol. The maximum absolute atomic E-state index is 12.7. The Morgan fingerprint density at radius 1 is 1.17 bits per heavy atom. The van der Waals surface area contributed by atoms with Crippen molar-refractivity contribution in [1.82, 2.24) is 0 Å². The van der Waals surface area contributed by atoms with E-state index in [0.29, 0.717) is 28.1 Å². The van der Waals surface area contributed by atoms with Gasteiger partial charge in [-0.3, -0.25) is 14.5 Å². The summed E-state index contributed by atoms with van der Waals surface area (Å²) in [6.45, 7) is 0. The number of nitrogens with zero attached hydrogens (tertiary/aromatic N) is 1. The Hall–Kier alpha value is -2.34. The number of hydrogen-bond acceptors (Lipinski definition) is 3. The van der Waals surface area contributed by atoms with Crippen LogP contribution in [0.15, 0.2) is 46.9 Å². The molecule has 24 heavy (non-hydrogen) atoms. The molecule has 0 aliphatic carbocycles. The molecule has 0 unspecified atom stereocenters. The summed E-state index contributed by atoms with van der Waals surface area (Å²) >= 11 is 3.49. The van der Waals surface area contributed by atoms with Crippen molar-refractivity contribution in [1.29, 1.82) is 0 Å². The summed E-state index contributed by atoms with van der Waals surface area (Å²) in [5, 5.41) is 9.71. The summed E-state index contributed by atoms with van der Waals surface area (Å²) < 4.78 is 6.74. The third-order valence-corrected chi connectivity index (χ3v) is 5.20. The van der Waals surface area contributed by atoms with E-state index < -0.39 is 17.9 Å². The zero-order valence-electron chi connectivity index (χ0n) is 12.6. The fourth-order valence-corrected chi connectivity index (χ4v) is 4.06. The van der Waals surface area contributed by atoms with E-state index in [9.17, 15) is 14.7 Å². The van der Waals surface area contributed by atoms with Crippen molar-refractivity contribution in [3.63, 3.8) is 0 Å². The molecule has 1 saturated heterocycles. The van der Waals surface area contributed by atoms with Crippen molar-refractivity contribution < 1.29 is 19.4 Å². The normalized spacial score (nSPS) is 21.9. The van der Waals surface area contributed by atoms with Gasteiger partial charge in [0.05, 0.1) is 12.0 Å². The molecule has 1 N–H and O–H groups in total. The second kappa shape index (κ2) is 5.63. The van der Waals surface area contributed by atoms with Crippen LogP contribution in [0, 0.1) is 5.92 Å². The highest BCUT2D eigenvalue weighted by Gasteiger charge is 2.45. The number of para-hydroxylation sites is 2. The van der Waals surface area contributed by atoms with Gasteiger partial charge in [-0.1, -0.05) is 24.3 Å². The van der Waals surface area contributed by atoms with Crippen LogP contribution in [0.3, 0.4) is 0 Å². The predicted molar refractivity (Wildman–Crippen MR) is 91.2 cm³/mol. The minimum Gasteiger partial charge on any atom is -0.481 e. The maximum atomic E-state index is 12.7. The molecule has 2 aliphatic heterocycles. The Bertz CT molecular complexity index is 851. The van der Waals surface area contributed by atoms with Gasteiger partial charge < -0.3 is 9.84 Å². The third kappa shape index (κ3) is 2.21. The molecule has 5 nitrogen and oxygen atoms in total. The van der Waals surface area contributed by atoms with Crippen LogP contribution in [0.25, 0.3) is 0 Å². The van der Waals surface area contributed by atoms with Gasteiger partial charge in [-0.2, -0.15) is 0 Å². The monoisotopic (exact) mass is 387 g/mol. The predicted octanol–water partition coefficient (Wildman–Crippen LogP) is 4.12. The highest BCUT2D eigenvalue weighted by Crippen LogP contribution is 2.51. The molecule has 0 saturated carbocycles. The number of carboxylic acid groups (broad SMARTS) is 1. The lowest BCUT2D eigenvalue weighted by atomic mass is 9.83. The summed E-state index contributed by atoms with van der Waals surface area (Å²) in [7, 11) is 0. The first-order chi connectivity index (χ1) is 11.6. The SMILES string of the molecule is O=C(O)[C@@H]1CCC(=O)N2c3c(Br)cccc3Oc3ccccc3[C@@H]12. The van der Waals surface area contributed by atoms with Gasteiger partial charge in [-0.05, 0) is 40.5 Å². The lowest BCUT2D eigenvalue weighted by Crippen LogP contribution is -2.45. The van der Waals surface area contributed by atoms with E-state index >= 15 is 0 Å². The summed E-state index contributed by atoms with van der Waals surface area (Å²) in [5.74, 6) is -0.539. The Kier molecular flexibility index (Phi) is 3.57. The minimum atomic E-state index is -0.900. The van der Waals surface area contributed by atoms with Crippen molar-refractivity contribution in [3.05, 3.63) is 52.5 Å². The number of ether oxygens (including phenoxy) is 1. The molecule has 0 spiro atoms. The summed E-state index contributed by atoms with van der Waals surface area (Å²) in [6, 6.07) is 12.2. The number of carbonyl (C=O) groups excluding carboxylic acids is 1. The smallest absolute Gasteiger partial charge is 0.308 e. The van der Waals surface area contributed by atoms with E-state index in [1.165, 1.54) is 0 Å². The van der Waals surface area contributed by atoms with Gasteiger partial charge in [-0.25, -0.2) is 0 Å². The first kappa shape index (κ1) is 15.2. The molecule has 0 radical (unpaired) electrons. The number of aliphatic carboxylic acids is 1. The molecule has 2 heterocycles. The van der Waals surface area contributed by atoms with E-state index in [-0.39, 0.29) is 12.3 Å². The zero-order chi connectivity index (χ0) is 16.8.